The zero-order valence-electron chi connectivity index (χ0n) is 46.8. The quantitative estimate of drug-likeness (QED) is 0.0555. The van der Waals surface area contributed by atoms with Crippen LogP contribution in [-0.4, -0.2) is 91.2 Å². The number of hydrogen-bond donors (Lipinski definition) is 3. The highest BCUT2D eigenvalue weighted by molar-refractivity contribution is 5.78. The van der Waals surface area contributed by atoms with Crippen LogP contribution in [0.5, 0.6) is 5.75 Å². The molecule has 2 aromatic carbocycles. The summed E-state index contributed by atoms with van der Waals surface area (Å²) in [5.74, 6) is 3.13. The third-order valence-electron chi connectivity index (χ3n) is 19.9. The number of fused-ring (bicyclic) bond motifs is 5. The van der Waals surface area contributed by atoms with Gasteiger partial charge in [0.25, 0.3) is 0 Å². The molecule has 0 spiro atoms. The number of carbonyl (C=O) groups is 4. The Balaban J connectivity index is 0.851. The Bertz CT molecular complexity index is 2400. The number of unbranched alkanes of at least 4 members (excludes halogenated alkanes) is 2. The van der Waals surface area contributed by atoms with E-state index >= 15 is 0 Å². The molecule has 1 saturated heterocycles. The fraction of sp³-hybridized carbons (Fsp3) is 0.656. The molecule has 4 fully saturated rings. The average Bonchev–Trinajstić information content (AvgIpc) is 4.16. The summed E-state index contributed by atoms with van der Waals surface area (Å²) in [6.45, 7) is 13.1. The summed E-state index contributed by atoms with van der Waals surface area (Å²) >= 11 is 0. The zero-order valence-corrected chi connectivity index (χ0v) is 46.8. The monoisotopic (exact) mass is 1050 g/mol. The lowest BCUT2D eigenvalue weighted by atomic mass is 9.47. The van der Waals surface area contributed by atoms with Crippen molar-refractivity contribution in [2.24, 2.45) is 58.2 Å². The van der Waals surface area contributed by atoms with Crippen LogP contribution in [0, 0.1) is 58.2 Å². The fourth-order valence-electron chi connectivity index (χ4n) is 15.9. The van der Waals surface area contributed by atoms with Crippen LogP contribution in [0.1, 0.15) is 161 Å². The number of ether oxygens (including phenoxy) is 4. The number of aliphatic hydroxyl groups is 1. The molecule has 13 atom stereocenters. The van der Waals surface area contributed by atoms with Gasteiger partial charge in [0.15, 0.2) is 0 Å². The molecule has 12 nitrogen and oxygen atoms in total. The summed E-state index contributed by atoms with van der Waals surface area (Å²) in [6.07, 6.45) is 21.4. The van der Waals surface area contributed by atoms with E-state index in [1.54, 1.807) is 19.1 Å². The Kier molecular flexibility index (Phi) is 18.9. The molecule has 416 valence electrons. The minimum atomic E-state index is -1.19. The first-order valence-electron chi connectivity index (χ1n) is 29.1. The molecule has 12 heteroatoms. The van der Waals surface area contributed by atoms with Crippen molar-refractivity contribution in [3.8, 4) is 5.75 Å². The van der Waals surface area contributed by atoms with E-state index in [0.717, 1.165) is 60.0 Å². The van der Waals surface area contributed by atoms with Crippen molar-refractivity contribution in [3.05, 3.63) is 101 Å². The van der Waals surface area contributed by atoms with Gasteiger partial charge in [-0.05, 0) is 152 Å². The molecular weight excluding hydrogens is 957 g/mol. The molecule has 1 heterocycles. The van der Waals surface area contributed by atoms with Crippen molar-refractivity contribution in [3.63, 3.8) is 0 Å². The van der Waals surface area contributed by atoms with E-state index in [2.05, 4.69) is 52.1 Å². The Morgan fingerprint density at radius 3 is 2.25 bits per heavy atom. The van der Waals surface area contributed by atoms with E-state index in [1.165, 1.54) is 56.9 Å². The predicted molar refractivity (Wildman–Crippen MR) is 295 cm³/mol. The van der Waals surface area contributed by atoms with Gasteiger partial charge >= 0.3 is 18.0 Å². The maximum absolute atomic E-state index is 14.1. The van der Waals surface area contributed by atoms with Crippen LogP contribution in [0.25, 0.3) is 0 Å². The number of likely N-dealkylation sites (tertiary alicyclic amines) is 1. The molecule has 6 aliphatic rings. The number of aliphatic carboxylic acids is 1. The normalized spacial score (nSPS) is 30.4. The first kappa shape index (κ1) is 57.1. The molecule has 1 aliphatic heterocycles. The summed E-state index contributed by atoms with van der Waals surface area (Å²) in [5.41, 5.74) is 2.72. The number of carboxylic acid groups (broad SMARTS) is 1. The SMILES string of the molecule is COC1=CCC(C(c2ccccc2)(c2ccc(OC)cc2)C(O)C2CN(C(=O)CCCCCNC(=O)OC3CC[C@@]4(C)C(=CCC5C4CC[C@@]4(C)C5CC[C@@H]4C(C)CCCC(C)C)C3)CC2OC(=O)CCC(=O)O)C=C1. The number of rotatable bonds is 23. The van der Waals surface area contributed by atoms with Crippen LogP contribution in [0.15, 0.2) is 90.2 Å². The molecule has 2 amide bonds. The van der Waals surface area contributed by atoms with Crippen LogP contribution in [-0.2, 0) is 34.0 Å². The van der Waals surface area contributed by atoms with E-state index in [9.17, 15) is 29.4 Å². The van der Waals surface area contributed by atoms with Gasteiger partial charge in [0.2, 0.25) is 5.91 Å². The second kappa shape index (κ2) is 25.1. The number of carbonyl (C=O) groups excluding carboxylic acids is 3. The lowest BCUT2D eigenvalue weighted by Gasteiger charge is -2.58. The number of hydrogen-bond acceptors (Lipinski definition) is 9. The van der Waals surface area contributed by atoms with Crippen LogP contribution < -0.4 is 10.1 Å². The van der Waals surface area contributed by atoms with Gasteiger partial charge in [0.05, 0.1) is 45.1 Å². The van der Waals surface area contributed by atoms with Gasteiger partial charge in [-0.25, -0.2) is 4.79 Å². The highest BCUT2D eigenvalue weighted by Gasteiger charge is 2.60. The standard InChI is InChI=1S/C64H90N2O10/c1-42(2)15-14-16-43(3)53-30-31-54-51-29-24-47-39-50(34-36-62(47,4)55(51)35-37-63(53,54)5)75-61(72)65-38-13-9-12-19-57(67)66-40-52(56(41-66)76-59(70)33-32-58(68)69)60(71)64(44-17-10-8-11-18-44,45-20-25-48(73-6)26-21-45)46-22-27-49(74-7)28-23-46/h8,10-11,17-18,20-22,24-28,42-43,46,50-56,60,71H,9,12-16,19,23,29-41H2,1-7H3,(H,65,72)(H,68,69)/t43?,46?,50?,51?,52?,53-,54?,55?,56?,60?,62+,63-,64?/m1/s1. The number of esters is 1. The topological polar surface area (TPSA) is 161 Å². The van der Waals surface area contributed by atoms with Crippen LogP contribution in [0.4, 0.5) is 4.79 Å². The van der Waals surface area contributed by atoms with Gasteiger partial charge in [0.1, 0.15) is 23.7 Å². The second-order valence-corrected chi connectivity index (χ2v) is 24.6. The number of methoxy groups -OCH3 is 2. The molecule has 2 aromatic rings. The van der Waals surface area contributed by atoms with Gasteiger partial charge in [-0.1, -0.05) is 120 Å². The number of allylic oxidation sites excluding steroid dienone is 4. The molecule has 0 bridgehead atoms. The molecule has 3 N–H and O–H groups in total. The zero-order chi connectivity index (χ0) is 54.2. The van der Waals surface area contributed by atoms with Crippen molar-refractivity contribution in [1.82, 2.24) is 10.2 Å². The summed E-state index contributed by atoms with van der Waals surface area (Å²) in [4.78, 5) is 53.7. The number of nitrogens with zero attached hydrogens (tertiary/aromatic N) is 1. The maximum atomic E-state index is 14.1. The van der Waals surface area contributed by atoms with Crippen LogP contribution >= 0.6 is 0 Å². The Morgan fingerprint density at radius 1 is 0.789 bits per heavy atom. The number of aliphatic hydroxyl groups excluding tert-OH is 1. The second-order valence-electron chi connectivity index (χ2n) is 24.6. The molecule has 76 heavy (non-hydrogen) atoms. The molecule has 0 radical (unpaired) electrons. The third kappa shape index (κ3) is 12.3. The Labute approximate surface area is 453 Å². The number of nitrogens with one attached hydrogen (secondary N) is 1. The Morgan fingerprint density at radius 2 is 1.55 bits per heavy atom. The highest BCUT2D eigenvalue weighted by atomic mass is 16.6. The van der Waals surface area contributed by atoms with E-state index in [1.807, 2.05) is 66.7 Å². The first-order chi connectivity index (χ1) is 36.5. The van der Waals surface area contributed by atoms with Crippen LogP contribution in [0.3, 0.4) is 0 Å². The van der Waals surface area contributed by atoms with E-state index in [4.69, 9.17) is 18.9 Å². The lowest BCUT2D eigenvalue weighted by molar-refractivity contribution is -0.155. The first-order valence-corrected chi connectivity index (χ1v) is 29.1. The minimum Gasteiger partial charge on any atom is -0.497 e. The summed E-state index contributed by atoms with van der Waals surface area (Å²) in [6, 6.07) is 17.4. The smallest absolute Gasteiger partial charge is 0.407 e. The minimum absolute atomic E-state index is 0.0609. The fourth-order valence-corrected chi connectivity index (χ4v) is 15.9. The Hall–Kier alpha value is -5.10. The number of alkyl carbamates (subject to hydrolysis) is 1. The van der Waals surface area contributed by atoms with Gasteiger partial charge in [0, 0.05) is 31.8 Å². The van der Waals surface area contributed by atoms with Crippen molar-refractivity contribution < 1.29 is 48.3 Å². The highest BCUT2D eigenvalue weighted by Crippen LogP contribution is 2.67. The average molecular weight is 1050 g/mol. The third-order valence-corrected chi connectivity index (χ3v) is 19.9. The molecule has 3 saturated carbocycles. The van der Waals surface area contributed by atoms with Crippen molar-refractivity contribution in [1.29, 1.82) is 0 Å². The van der Waals surface area contributed by atoms with Crippen molar-refractivity contribution in [2.45, 2.75) is 174 Å². The van der Waals surface area contributed by atoms with Gasteiger partial charge in [-0.15, -0.1) is 0 Å². The van der Waals surface area contributed by atoms with E-state index < -0.39 is 41.9 Å². The lowest BCUT2D eigenvalue weighted by Crippen LogP contribution is -2.53. The van der Waals surface area contributed by atoms with Gasteiger partial charge in [-0.3, -0.25) is 14.4 Å². The maximum Gasteiger partial charge on any atom is 0.407 e. The summed E-state index contributed by atoms with van der Waals surface area (Å²) < 4.78 is 23.2. The molecule has 8 rings (SSSR count). The number of amides is 2. The van der Waals surface area contributed by atoms with E-state index in [-0.39, 0.29) is 55.4 Å². The molecule has 5 aliphatic carbocycles. The molecular formula is C64H90N2O10. The van der Waals surface area contributed by atoms with Gasteiger partial charge < -0.3 is 39.4 Å². The van der Waals surface area contributed by atoms with Gasteiger partial charge in [-0.2, -0.15) is 0 Å². The van der Waals surface area contributed by atoms with Crippen molar-refractivity contribution >= 4 is 23.9 Å². The molecule has 0 aromatic heterocycles. The summed E-state index contributed by atoms with van der Waals surface area (Å²) in [5, 5.41) is 25.5. The number of benzene rings is 2. The van der Waals surface area contributed by atoms with E-state index in [0.29, 0.717) is 55.1 Å². The largest absolute Gasteiger partial charge is 0.497 e. The molecule has 10 unspecified atom stereocenters. The van der Waals surface area contributed by atoms with Crippen LogP contribution in [0.2, 0.25) is 0 Å². The van der Waals surface area contributed by atoms with Crippen molar-refractivity contribution in [2.75, 3.05) is 33.9 Å². The number of carboxylic acids is 1. The summed E-state index contributed by atoms with van der Waals surface area (Å²) in [7, 11) is 3.22. The predicted octanol–water partition coefficient (Wildman–Crippen LogP) is 12.4.